The van der Waals surface area contributed by atoms with Crippen molar-refractivity contribution in [3.05, 3.63) is 19.1 Å². The first-order valence-electron chi connectivity index (χ1n) is 5.69. The second-order valence-corrected chi connectivity index (χ2v) is 3.97. The smallest absolute Gasteiger partial charge is 0.0173 e. The molecule has 0 heterocycles. The summed E-state index contributed by atoms with van der Waals surface area (Å²) in [6.07, 6.45) is 12.0. The minimum atomic E-state index is 0.605. The lowest BCUT2D eigenvalue weighted by atomic mass is 9.74. The normalized spacial score (nSPS) is 11.6. The van der Waals surface area contributed by atoms with Crippen LogP contribution < -0.4 is 0 Å². The van der Waals surface area contributed by atoms with Gasteiger partial charge in [0.2, 0.25) is 0 Å². The van der Waals surface area contributed by atoms with Crippen LogP contribution >= 0.6 is 0 Å². The third kappa shape index (κ3) is 4.50. The summed E-state index contributed by atoms with van der Waals surface area (Å²) >= 11 is 0. The number of unbranched alkanes of at least 4 members (excludes halogenated alkanes) is 1. The summed E-state index contributed by atoms with van der Waals surface area (Å²) < 4.78 is 0. The third-order valence-corrected chi connectivity index (χ3v) is 3.29. The SMILES string of the molecule is C=C[CH]CCC(CC)(CC)CCC. The van der Waals surface area contributed by atoms with Crippen LogP contribution in [0.15, 0.2) is 12.7 Å². The van der Waals surface area contributed by atoms with Gasteiger partial charge >= 0.3 is 0 Å². The zero-order valence-electron chi connectivity index (χ0n) is 9.60. The van der Waals surface area contributed by atoms with Crippen molar-refractivity contribution >= 4 is 0 Å². The molecule has 0 fully saturated rings. The lowest BCUT2D eigenvalue weighted by Crippen LogP contribution is -2.18. The van der Waals surface area contributed by atoms with Crippen LogP contribution in [-0.4, -0.2) is 0 Å². The van der Waals surface area contributed by atoms with E-state index in [4.69, 9.17) is 0 Å². The Morgan fingerprint density at radius 1 is 1.08 bits per heavy atom. The average molecular weight is 181 g/mol. The van der Waals surface area contributed by atoms with Crippen LogP contribution in [0.2, 0.25) is 0 Å². The first-order chi connectivity index (χ1) is 6.24. The van der Waals surface area contributed by atoms with Gasteiger partial charge in [-0.2, -0.15) is 0 Å². The molecule has 0 aromatic carbocycles. The molecule has 1 radical (unpaired) electrons. The van der Waals surface area contributed by atoms with Crippen molar-refractivity contribution in [3.8, 4) is 0 Å². The van der Waals surface area contributed by atoms with Crippen molar-refractivity contribution in [2.75, 3.05) is 0 Å². The molecule has 0 aliphatic heterocycles. The molecule has 0 aromatic rings. The molecule has 0 spiro atoms. The highest BCUT2D eigenvalue weighted by atomic mass is 14.3. The molecular formula is C13H25. The van der Waals surface area contributed by atoms with Crippen LogP contribution in [0, 0.1) is 11.8 Å². The second-order valence-electron chi connectivity index (χ2n) is 3.97. The van der Waals surface area contributed by atoms with Crippen molar-refractivity contribution in [1.29, 1.82) is 0 Å². The van der Waals surface area contributed by atoms with Gasteiger partial charge in [-0.25, -0.2) is 0 Å². The Morgan fingerprint density at radius 2 is 1.69 bits per heavy atom. The number of hydrogen-bond donors (Lipinski definition) is 0. The maximum atomic E-state index is 3.72. The first-order valence-corrected chi connectivity index (χ1v) is 5.69. The van der Waals surface area contributed by atoms with Gasteiger partial charge in [0.1, 0.15) is 0 Å². The highest BCUT2D eigenvalue weighted by molar-refractivity contribution is 4.88. The molecule has 0 amide bonds. The molecule has 0 aliphatic rings. The number of rotatable bonds is 8. The number of hydrogen-bond acceptors (Lipinski definition) is 0. The maximum Gasteiger partial charge on any atom is -0.0173 e. The summed E-state index contributed by atoms with van der Waals surface area (Å²) in [6, 6.07) is 0. The van der Waals surface area contributed by atoms with Gasteiger partial charge in [0, 0.05) is 0 Å². The first kappa shape index (κ1) is 12.7. The molecule has 0 unspecified atom stereocenters. The minimum Gasteiger partial charge on any atom is -0.103 e. The lowest BCUT2D eigenvalue weighted by molar-refractivity contribution is 0.216. The van der Waals surface area contributed by atoms with E-state index in [1.807, 2.05) is 6.08 Å². The van der Waals surface area contributed by atoms with Gasteiger partial charge < -0.3 is 0 Å². The molecule has 0 aliphatic carbocycles. The summed E-state index contributed by atoms with van der Waals surface area (Å²) in [6.45, 7) is 10.7. The molecule has 0 rings (SSSR count). The van der Waals surface area contributed by atoms with E-state index >= 15 is 0 Å². The van der Waals surface area contributed by atoms with Crippen molar-refractivity contribution in [2.24, 2.45) is 5.41 Å². The highest BCUT2D eigenvalue weighted by Crippen LogP contribution is 2.37. The van der Waals surface area contributed by atoms with Crippen LogP contribution in [0.3, 0.4) is 0 Å². The van der Waals surface area contributed by atoms with Gasteiger partial charge in [0.05, 0.1) is 0 Å². The van der Waals surface area contributed by atoms with Gasteiger partial charge in [-0.3, -0.25) is 0 Å². The Balaban J connectivity index is 3.96. The van der Waals surface area contributed by atoms with Crippen LogP contribution in [0.4, 0.5) is 0 Å². The standard InChI is InChI=1S/C13H25/c1-5-9-10-12-13(7-3,8-4)11-6-2/h5,9H,1,6-8,10-12H2,2-4H3. The molecule has 0 saturated carbocycles. The van der Waals surface area contributed by atoms with Gasteiger partial charge in [-0.1, -0.05) is 46.1 Å². The fraction of sp³-hybridized carbons (Fsp3) is 0.769. The van der Waals surface area contributed by atoms with Gasteiger partial charge in [-0.15, -0.1) is 6.58 Å². The van der Waals surface area contributed by atoms with E-state index in [0.29, 0.717) is 5.41 Å². The molecule has 0 atom stereocenters. The molecule has 77 valence electrons. The van der Waals surface area contributed by atoms with Crippen molar-refractivity contribution in [1.82, 2.24) is 0 Å². The Labute approximate surface area is 84.4 Å². The van der Waals surface area contributed by atoms with E-state index in [-0.39, 0.29) is 0 Å². The van der Waals surface area contributed by atoms with E-state index in [1.165, 1.54) is 38.5 Å². The predicted octanol–water partition coefficient (Wildman–Crippen LogP) is 4.76. The highest BCUT2D eigenvalue weighted by Gasteiger charge is 2.23. The number of allylic oxidation sites excluding steroid dienone is 1. The Morgan fingerprint density at radius 3 is 2.08 bits per heavy atom. The Bertz CT molecular complexity index is 120. The summed E-state index contributed by atoms with van der Waals surface area (Å²) in [7, 11) is 0. The fourth-order valence-corrected chi connectivity index (χ4v) is 2.12. The van der Waals surface area contributed by atoms with E-state index in [9.17, 15) is 0 Å². The van der Waals surface area contributed by atoms with E-state index in [0.717, 1.165) is 0 Å². The summed E-state index contributed by atoms with van der Waals surface area (Å²) in [5.74, 6) is 0. The third-order valence-electron chi connectivity index (χ3n) is 3.29. The van der Waals surface area contributed by atoms with Crippen LogP contribution in [0.25, 0.3) is 0 Å². The Hall–Kier alpha value is -0.260. The fourth-order valence-electron chi connectivity index (χ4n) is 2.12. The van der Waals surface area contributed by atoms with E-state index in [1.54, 1.807) is 0 Å². The molecular weight excluding hydrogens is 156 g/mol. The minimum absolute atomic E-state index is 0.605. The zero-order valence-corrected chi connectivity index (χ0v) is 9.60. The van der Waals surface area contributed by atoms with Gasteiger partial charge in [0.25, 0.3) is 0 Å². The van der Waals surface area contributed by atoms with Crippen LogP contribution in [0.1, 0.15) is 59.3 Å². The second kappa shape index (κ2) is 7.17. The topological polar surface area (TPSA) is 0 Å². The zero-order chi connectivity index (χ0) is 10.2. The molecule has 0 saturated heterocycles. The van der Waals surface area contributed by atoms with Crippen LogP contribution in [0.5, 0.6) is 0 Å². The van der Waals surface area contributed by atoms with E-state index < -0.39 is 0 Å². The maximum absolute atomic E-state index is 3.72. The largest absolute Gasteiger partial charge is 0.103 e. The molecule has 13 heavy (non-hydrogen) atoms. The van der Waals surface area contributed by atoms with E-state index in [2.05, 4.69) is 33.8 Å². The summed E-state index contributed by atoms with van der Waals surface area (Å²) in [5, 5.41) is 0. The van der Waals surface area contributed by atoms with Gasteiger partial charge in [0.15, 0.2) is 0 Å². The van der Waals surface area contributed by atoms with Gasteiger partial charge in [-0.05, 0) is 31.1 Å². The molecule has 0 N–H and O–H groups in total. The summed E-state index contributed by atoms with van der Waals surface area (Å²) in [4.78, 5) is 0. The molecule has 0 heteroatoms. The molecule has 0 bridgehead atoms. The predicted molar refractivity (Wildman–Crippen MR) is 61.7 cm³/mol. The monoisotopic (exact) mass is 181 g/mol. The quantitative estimate of drug-likeness (QED) is 0.473. The summed E-state index contributed by atoms with van der Waals surface area (Å²) in [5.41, 5.74) is 0.605. The van der Waals surface area contributed by atoms with Crippen molar-refractivity contribution in [3.63, 3.8) is 0 Å². The van der Waals surface area contributed by atoms with Crippen LogP contribution in [-0.2, 0) is 0 Å². The van der Waals surface area contributed by atoms with Crippen molar-refractivity contribution < 1.29 is 0 Å². The average Bonchev–Trinajstić information content (AvgIpc) is 2.17. The molecule has 0 aromatic heterocycles. The lowest BCUT2D eigenvalue weighted by Gasteiger charge is -2.31. The van der Waals surface area contributed by atoms with Crippen molar-refractivity contribution in [2.45, 2.75) is 59.3 Å². The molecule has 0 nitrogen and oxygen atoms in total. The Kier molecular flexibility index (Phi) is 7.03.